The molecular weight excluding hydrogens is 126 g/mol. The molecule has 0 spiro atoms. The molecule has 0 aliphatic rings. The number of H-pyrrole nitrogens is 1. The van der Waals surface area contributed by atoms with Gasteiger partial charge in [-0.05, 0) is 19.1 Å². The van der Waals surface area contributed by atoms with E-state index in [0.717, 1.165) is 11.4 Å². The first-order valence-corrected chi connectivity index (χ1v) is 3.12. The van der Waals surface area contributed by atoms with Gasteiger partial charge in [-0.3, -0.25) is 4.99 Å². The molecule has 1 heterocycles. The molecule has 0 aliphatic carbocycles. The molecule has 1 aromatic heterocycles. The minimum atomic E-state index is 0.549. The smallest absolute Gasteiger partial charge is 0.142 e. The SMILES string of the molecule is CN=C(N)c1ccc(C)[nH]1. The molecular formula is C7H11N3. The average molecular weight is 137 g/mol. The fourth-order valence-corrected chi connectivity index (χ4v) is 0.774. The summed E-state index contributed by atoms with van der Waals surface area (Å²) in [4.78, 5) is 6.91. The molecule has 3 nitrogen and oxygen atoms in total. The summed E-state index contributed by atoms with van der Waals surface area (Å²) in [5.41, 5.74) is 7.51. The highest BCUT2D eigenvalue weighted by Gasteiger charge is 1.96. The monoisotopic (exact) mass is 137 g/mol. The molecule has 54 valence electrons. The Labute approximate surface area is 60.0 Å². The Balaban J connectivity index is 2.95. The van der Waals surface area contributed by atoms with Crippen LogP contribution in [0.25, 0.3) is 0 Å². The highest BCUT2D eigenvalue weighted by molar-refractivity contribution is 5.95. The lowest BCUT2D eigenvalue weighted by atomic mass is 10.4. The predicted octanol–water partition coefficient (Wildman–Crippen LogP) is 0.658. The van der Waals surface area contributed by atoms with Crippen molar-refractivity contribution in [3.63, 3.8) is 0 Å². The number of rotatable bonds is 1. The molecule has 0 fully saturated rings. The summed E-state index contributed by atoms with van der Waals surface area (Å²) in [6.07, 6.45) is 0. The molecule has 0 unspecified atom stereocenters. The number of aryl methyl sites for hydroxylation is 1. The van der Waals surface area contributed by atoms with E-state index in [1.807, 2.05) is 19.1 Å². The van der Waals surface area contributed by atoms with Crippen molar-refractivity contribution in [1.29, 1.82) is 0 Å². The third kappa shape index (κ3) is 1.18. The lowest BCUT2D eigenvalue weighted by molar-refractivity contribution is 1.23. The van der Waals surface area contributed by atoms with Gasteiger partial charge in [0.1, 0.15) is 5.84 Å². The number of nitrogens with two attached hydrogens (primary N) is 1. The largest absolute Gasteiger partial charge is 0.382 e. The zero-order valence-corrected chi connectivity index (χ0v) is 6.18. The molecule has 10 heavy (non-hydrogen) atoms. The molecule has 1 aromatic rings. The summed E-state index contributed by atoms with van der Waals surface area (Å²) >= 11 is 0. The van der Waals surface area contributed by atoms with Gasteiger partial charge in [-0.15, -0.1) is 0 Å². The molecule has 0 saturated heterocycles. The summed E-state index contributed by atoms with van der Waals surface area (Å²) < 4.78 is 0. The van der Waals surface area contributed by atoms with Crippen LogP contribution in [0.1, 0.15) is 11.4 Å². The number of amidine groups is 1. The van der Waals surface area contributed by atoms with E-state index in [4.69, 9.17) is 5.73 Å². The third-order valence-corrected chi connectivity index (χ3v) is 1.35. The molecule has 1 rings (SSSR count). The molecule has 0 amide bonds. The summed E-state index contributed by atoms with van der Waals surface area (Å²) in [5, 5.41) is 0. The van der Waals surface area contributed by atoms with Crippen molar-refractivity contribution in [3.05, 3.63) is 23.5 Å². The predicted molar refractivity (Wildman–Crippen MR) is 42.2 cm³/mol. The average Bonchev–Trinajstić information content (AvgIpc) is 2.34. The van der Waals surface area contributed by atoms with Crippen molar-refractivity contribution in [2.75, 3.05) is 7.05 Å². The Kier molecular flexibility index (Phi) is 1.76. The van der Waals surface area contributed by atoms with Crippen molar-refractivity contribution in [2.45, 2.75) is 6.92 Å². The van der Waals surface area contributed by atoms with Crippen LogP contribution in [0.3, 0.4) is 0 Å². The molecule has 0 atom stereocenters. The van der Waals surface area contributed by atoms with Crippen LogP contribution >= 0.6 is 0 Å². The van der Waals surface area contributed by atoms with Gasteiger partial charge in [0.25, 0.3) is 0 Å². The molecule has 3 heteroatoms. The minimum absolute atomic E-state index is 0.549. The Morgan fingerprint density at radius 1 is 1.60 bits per heavy atom. The number of nitrogens with zero attached hydrogens (tertiary/aromatic N) is 1. The van der Waals surface area contributed by atoms with Crippen molar-refractivity contribution in [3.8, 4) is 0 Å². The molecule has 0 radical (unpaired) electrons. The molecule has 0 saturated carbocycles. The standard InChI is InChI=1S/C7H11N3/c1-5-3-4-6(10-5)7(8)9-2/h3-4,10H,1-2H3,(H2,8,9). The van der Waals surface area contributed by atoms with Gasteiger partial charge >= 0.3 is 0 Å². The van der Waals surface area contributed by atoms with Gasteiger partial charge in [-0.2, -0.15) is 0 Å². The van der Waals surface area contributed by atoms with E-state index in [1.54, 1.807) is 7.05 Å². The molecule has 0 bridgehead atoms. The number of aromatic amines is 1. The first kappa shape index (κ1) is 6.86. The van der Waals surface area contributed by atoms with E-state index < -0.39 is 0 Å². The maximum atomic E-state index is 5.53. The third-order valence-electron chi connectivity index (χ3n) is 1.35. The van der Waals surface area contributed by atoms with Gasteiger partial charge in [0.05, 0.1) is 5.69 Å². The number of aromatic nitrogens is 1. The van der Waals surface area contributed by atoms with Gasteiger partial charge in [0, 0.05) is 12.7 Å². The van der Waals surface area contributed by atoms with Crippen LogP contribution in [-0.2, 0) is 0 Å². The Hall–Kier alpha value is -1.25. The van der Waals surface area contributed by atoms with Gasteiger partial charge in [0.15, 0.2) is 0 Å². The number of hydrogen-bond acceptors (Lipinski definition) is 1. The Bertz CT molecular complexity index is 247. The van der Waals surface area contributed by atoms with E-state index in [1.165, 1.54) is 0 Å². The van der Waals surface area contributed by atoms with Crippen LogP contribution < -0.4 is 5.73 Å². The van der Waals surface area contributed by atoms with Gasteiger partial charge in [-0.25, -0.2) is 0 Å². The number of nitrogens with one attached hydrogen (secondary N) is 1. The summed E-state index contributed by atoms with van der Waals surface area (Å²) in [6.45, 7) is 1.98. The molecule has 3 N–H and O–H groups in total. The van der Waals surface area contributed by atoms with Crippen molar-refractivity contribution >= 4 is 5.84 Å². The second-order valence-corrected chi connectivity index (χ2v) is 2.16. The lowest BCUT2D eigenvalue weighted by Gasteiger charge is -1.92. The highest BCUT2D eigenvalue weighted by Crippen LogP contribution is 1.98. The Morgan fingerprint density at radius 2 is 2.30 bits per heavy atom. The van der Waals surface area contributed by atoms with Crippen molar-refractivity contribution < 1.29 is 0 Å². The van der Waals surface area contributed by atoms with E-state index in [2.05, 4.69) is 9.98 Å². The van der Waals surface area contributed by atoms with Crippen LogP contribution in [0.4, 0.5) is 0 Å². The summed E-state index contributed by atoms with van der Waals surface area (Å²) in [5.74, 6) is 0.549. The normalized spacial score (nSPS) is 12.0. The van der Waals surface area contributed by atoms with Gasteiger partial charge in [-0.1, -0.05) is 0 Å². The van der Waals surface area contributed by atoms with Crippen molar-refractivity contribution in [2.24, 2.45) is 10.7 Å². The fourth-order valence-electron chi connectivity index (χ4n) is 0.774. The zero-order chi connectivity index (χ0) is 7.56. The number of hydrogen-bond donors (Lipinski definition) is 2. The van der Waals surface area contributed by atoms with Crippen LogP contribution in [0, 0.1) is 6.92 Å². The van der Waals surface area contributed by atoms with E-state index in [-0.39, 0.29) is 0 Å². The maximum Gasteiger partial charge on any atom is 0.142 e. The van der Waals surface area contributed by atoms with Crippen LogP contribution in [-0.4, -0.2) is 17.9 Å². The van der Waals surface area contributed by atoms with Crippen molar-refractivity contribution in [1.82, 2.24) is 4.98 Å². The van der Waals surface area contributed by atoms with E-state index >= 15 is 0 Å². The van der Waals surface area contributed by atoms with E-state index in [0.29, 0.717) is 5.84 Å². The molecule has 0 aliphatic heterocycles. The topological polar surface area (TPSA) is 54.2 Å². The Morgan fingerprint density at radius 3 is 2.70 bits per heavy atom. The minimum Gasteiger partial charge on any atom is -0.382 e. The molecule has 0 aromatic carbocycles. The highest BCUT2D eigenvalue weighted by atomic mass is 14.9. The summed E-state index contributed by atoms with van der Waals surface area (Å²) in [6, 6.07) is 3.88. The van der Waals surface area contributed by atoms with Crippen LogP contribution in [0.2, 0.25) is 0 Å². The fraction of sp³-hybridized carbons (Fsp3) is 0.286. The number of aliphatic imine (C=N–C) groups is 1. The first-order chi connectivity index (χ1) is 4.74. The first-order valence-electron chi connectivity index (χ1n) is 3.12. The second kappa shape index (κ2) is 2.56. The van der Waals surface area contributed by atoms with Gasteiger partial charge in [0.2, 0.25) is 0 Å². The lowest BCUT2D eigenvalue weighted by Crippen LogP contribution is -2.13. The quantitative estimate of drug-likeness (QED) is 0.433. The van der Waals surface area contributed by atoms with Crippen LogP contribution in [0.5, 0.6) is 0 Å². The summed E-state index contributed by atoms with van der Waals surface area (Å²) in [7, 11) is 1.67. The second-order valence-electron chi connectivity index (χ2n) is 2.16. The zero-order valence-electron chi connectivity index (χ0n) is 6.18. The van der Waals surface area contributed by atoms with Gasteiger partial charge < -0.3 is 10.7 Å². The maximum absolute atomic E-state index is 5.53. The van der Waals surface area contributed by atoms with E-state index in [9.17, 15) is 0 Å². The van der Waals surface area contributed by atoms with Crippen LogP contribution in [0.15, 0.2) is 17.1 Å².